The number of carbonyl (C=O) groups excluding carboxylic acids is 1. The van der Waals surface area contributed by atoms with E-state index in [1.165, 1.54) is 6.07 Å². The third-order valence-electron chi connectivity index (χ3n) is 7.68. The van der Waals surface area contributed by atoms with Crippen LogP contribution in [0.3, 0.4) is 0 Å². The van der Waals surface area contributed by atoms with Crippen molar-refractivity contribution in [2.24, 2.45) is 11.1 Å². The van der Waals surface area contributed by atoms with Crippen LogP contribution in [0.1, 0.15) is 46.9 Å². The number of carbonyl (C=O) groups is 1. The van der Waals surface area contributed by atoms with Crippen molar-refractivity contribution in [2.45, 2.75) is 38.3 Å². The molecule has 6 rings (SSSR count). The summed E-state index contributed by atoms with van der Waals surface area (Å²) < 4.78 is 15.5. The number of aryl methyl sites for hydroxylation is 1. The lowest BCUT2D eigenvalue weighted by Crippen LogP contribution is -2.44. The Hall–Kier alpha value is -3.53. The number of anilines is 3. The van der Waals surface area contributed by atoms with E-state index in [0.29, 0.717) is 12.4 Å². The van der Waals surface area contributed by atoms with Crippen molar-refractivity contribution in [3.05, 3.63) is 59.3 Å². The molecule has 4 N–H and O–H groups in total. The predicted molar refractivity (Wildman–Crippen MR) is 126 cm³/mol. The summed E-state index contributed by atoms with van der Waals surface area (Å²) in [6.07, 6.45) is 6.66. The van der Waals surface area contributed by atoms with Crippen molar-refractivity contribution >= 4 is 23.4 Å². The standard InChI is InChI=1S/C24H27FN8O/c25-16-2-3-17-15(12-16)13-24(21(17)26)5-10-31(11-6-24)18-14-28-20(22(27)30-18)23(34)32-8-1-9-33-19(32)4-7-29-33/h2-4,7,12,14,21H,1,5-6,8-11,13,26H2,(H2,27,30). The lowest BCUT2D eigenvalue weighted by Gasteiger charge is -2.42. The SMILES string of the molecule is Nc1nc(N2CCC3(CC2)Cc2cc(F)ccc2C3N)cnc1C(=O)N1CCCn2nccc21. The maximum atomic E-state index is 13.7. The summed E-state index contributed by atoms with van der Waals surface area (Å²) in [6, 6.07) is 6.66. The maximum absolute atomic E-state index is 13.7. The highest BCUT2D eigenvalue weighted by Gasteiger charge is 2.46. The van der Waals surface area contributed by atoms with Gasteiger partial charge in [0.1, 0.15) is 17.5 Å². The fourth-order valence-electron chi connectivity index (χ4n) is 5.78. The average Bonchev–Trinajstić information content (AvgIpc) is 3.42. The van der Waals surface area contributed by atoms with Gasteiger partial charge < -0.3 is 16.4 Å². The number of nitrogens with zero attached hydrogens (tertiary/aromatic N) is 6. The Kier molecular flexibility index (Phi) is 4.80. The van der Waals surface area contributed by atoms with Crippen LogP contribution in [0.25, 0.3) is 0 Å². The van der Waals surface area contributed by atoms with Crippen molar-refractivity contribution in [2.75, 3.05) is 35.2 Å². The summed E-state index contributed by atoms with van der Waals surface area (Å²) in [7, 11) is 0. The lowest BCUT2D eigenvalue weighted by atomic mass is 9.73. The molecule has 1 amide bonds. The summed E-state index contributed by atoms with van der Waals surface area (Å²) in [5.41, 5.74) is 15.0. The van der Waals surface area contributed by atoms with Gasteiger partial charge in [0.05, 0.1) is 12.4 Å². The molecule has 4 heterocycles. The third kappa shape index (κ3) is 3.24. The second-order valence-corrected chi connectivity index (χ2v) is 9.53. The first-order valence-electron chi connectivity index (χ1n) is 11.7. The van der Waals surface area contributed by atoms with E-state index in [0.717, 1.165) is 62.3 Å². The molecule has 0 saturated carbocycles. The van der Waals surface area contributed by atoms with Crippen LogP contribution in [0.5, 0.6) is 0 Å². The van der Waals surface area contributed by atoms with Gasteiger partial charge in [-0.2, -0.15) is 5.10 Å². The second-order valence-electron chi connectivity index (χ2n) is 9.53. The van der Waals surface area contributed by atoms with Gasteiger partial charge in [0.15, 0.2) is 11.5 Å². The lowest BCUT2D eigenvalue weighted by molar-refractivity contribution is 0.0977. The predicted octanol–water partition coefficient (Wildman–Crippen LogP) is 2.29. The topological polar surface area (TPSA) is 119 Å². The average molecular weight is 463 g/mol. The molecule has 3 aliphatic rings. The minimum absolute atomic E-state index is 0.0707. The normalized spacial score (nSPS) is 20.9. The molecule has 1 aromatic carbocycles. The first-order chi connectivity index (χ1) is 16.4. The van der Waals surface area contributed by atoms with Crippen molar-refractivity contribution in [1.82, 2.24) is 19.7 Å². The molecule has 0 bridgehead atoms. The van der Waals surface area contributed by atoms with Crippen LogP contribution in [0.2, 0.25) is 0 Å². The molecule has 1 spiro atoms. The smallest absolute Gasteiger partial charge is 0.281 e. The van der Waals surface area contributed by atoms with E-state index in [1.807, 2.05) is 16.8 Å². The van der Waals surface area contributed by atoms with Gasteiger partial charge in [0, 0.05) is 38.3 Å². The van der Waals surface area contributed by atoms with E-state index < -0.39 is 0 Å². The molecule has 2 aromatic heterocycles. The van der Waals surface area contributed by atoms with Crippen LogP contribution in [-0.2, 0) is 13.0 Å². The molecule has 2 aliphatic heterocycles. The highest BCUT2D eigenvalue weighted by atomic mass is 19.1. The highest BCUT2D eigenvalue weighted by Crippen LogP contribution is 2.51. The van der Waals surface area contributed by atoms with Gasteiger partial charge in [-0.25, -0.2) is 19.0 Å². The van der Waals surface area contributed by atoms with Gasteiger partial charge in [-0.15, -0.1) is 0 Å². The van der Waals surface area contributed by atoms with Crippen LogP contribution in [-0.4, -0.2) is 45.3 Å². The van der Waals surface area contributed by atoms with E-state index >= 15 is 0 Å². The van der Waals surface area contributed by atoms with Crippen LogP contribution >= 0.6 is 0 Å². The number of nitrogen functional groups attached to an aromatic ring is 1. The Bertz CT molecular complexity index is 1270. The molecular formula is C24H27FN8O. The van der Waals surface area contributed by atoms with Crippen molar-refractivity contribution < 1.29 is 9.18 Å². The van der Waals surface area contributed by atoms with Gasteiger partial charge in [0.2, 0.25) is 0 Å². The van der Waals surface area contributed by atoms with E-state index in [-0.39, 0.29) is 34.7 Å². The van der Waals surface area contributed by atoms with Gasteiger partial charge in [0.25, 0.3) is 5.91 Å². The number of rotatable bonds is 2. The van der Waals surface area contributed by atoms with Gasteiger partial charge >= 0.3 is 0 Å². The third-order valence-corrected chi connectivity index (χ3v) is 7.68. The maximum Gasteiger partial charge on any atom is 0.281 e. The van der Waals surface area contributed by atoms with Crippen LogP contribution in [0.4, 0.5) is 21.8 Å². The zero-order valence-electron chi connectivity index (χ0n) is 18.8. The number of halogens is 1. The Morgan fingerprint density at radius 1 is 1.15 bits per heavy atom. The molecule has 9 nitrogen and oxygen atoms in total. The number of fused-ring (bicyclic) bond motifs is 2. The van der Waals surface area contributed by atoms with Crippen LogP contribution in [0.15, 0.2) is 36.7 Å². The Balaban J connectivity index is 1.17. The molecule has 1 saturated heterocycles. The minimum atomic E-state index is -0.266. The van der Waals surface area contributed by atoms with Crippen molar-refractivity contribution in [3.8, 4) is 0 Å². The molecule has 1 aliphatic carbocycles. The van der Waals surface area contributed by atoms with Crippen LogP contribution < -0.4 is 21.3 Å². The number of nitrogens with two attached hydrogens (primary N) is 2. The van der Waals surface area contributed by atoms with Gasteiger partial charge in [-0.3, -0.25) is 9.69 Å². The molecule has 1 unspecified atom stereocenters. The molecular weight excluding hydrogens is 435 g/mol. The summed E-state index contributed by atoms with van der Waals surface area (Å²) in [6.45, 7) is 2.87. The molecule has 0 radical (unpaired) electrons. The summed E-state index contributed by atoms with van der Waals surface area (Å²) in [5.74, 6) is 1.05. The Morgan fingerprint density at radius 3 is 2.76 bits per heavy atom. The van der Waals surface area contributed by atoms with Crippen molar-refractivity contribution in [3.63, 3.8) is 0 Å². The summed E-state index contributed by atoms with van der Waals surface area (Å²) in [5, 5.41) is 4.26. The van der Waals surface area contributed by atoms with Gasteiger partial charge in [-0.1, -0.05) is 6.07 Å². The zero-order valence-corrected chi connectivity index (χ0v) is 18.8. The van der Waals surface area contributed by atoms with E-state index in [4.69, 9.17) is 11.5 Å². The summed E-state index contributed by atoms with van der Waals surface area (Å²) in [4.78, 5) is 25.9. The second kappa shape index (κ2) is 7.76. The first-order valence-corrected chi connectivity index (χ1v) is 11.7. The van der Waals surface area contributed by atoms with Gasteiger partial charge in [-0.05, 0) is 54.4 Å². The molecule has 1 fully saturated rings. The summed E-state index contributed by atoms with van der Waals surface area (Å²) >= 11 is 0. The molecule has 176 valence electrons. The van der Waals surface area contributed by atoms with E-state index in [9.17, 15) is 9.18 Å². The van der Waals surface area contributed by atoms with Crippen LogP contribution in [0, 0.1) is 11.2 Å². The Morgan fingerprint density at radius 2 is 1.97 bits per heavy atom. The number of benzene rings is 1. The molecule has 10 heteroatoms. The number of hydrogen-bond acceptors (Lipinski definition) is 7. The first kappa shape index (κ1) is 21.0. The van der Waals surface area contributed by atoms with E-state index in [2.05, 4.69) is 20.0 Å². The number of aromatic nitrogens is 4. The molecule has 34 heavy (non-hydrogen) atoms. The van der Waals surface area contributed by atoms with E-state index in [1.54, 1.807) is 23.4 Å². The number of hydrogen-bond donors (Lipinski definition) is 2. The Labute approximate surface area is 196 Å². The highest BCUT2D eigenvalue weighted by molar-refractivity contribution is 6.07. The number of piperidine rings is 1. The molecule has 3 aromatic rings. The van der Waals surface area contributed by atoms with Crippen molar-refractivity contribution in [1.29, 1.82) is 0 Å². The fourth-order valence-corrected chi connectivity index (χ4v) is 5.78. The minimum Gasteiger partial charge on any atom is -0.382 e. The largest absolute Gasteiger partial charge is 0.382 e. The molecule has 1 atom stereocenters. The fraction of sp³-hybridized carbons (Fsp3) is 0.417. The number of amides is 1. The quantitative estimate of drug-likeness (QED) is 0.600. The monoisotopic (exact) mass is 462 g/mol. The zero-order chi connectivity index (χ0) is 23.4.